The third-order valence-electron chi connectivity index (χ3n) is 6.03. The molecule has 0 spiro atoms. The number of rotatable bonds is 3. The van der Waals surface area contributed by atoms with Crippen LogP contribution in [-0.4, -0.2) is 11.3 Å². The van der Waals surface area contributed by atoms with Crippen molar-refractivity contribution in [2.75, 3.05) is 0 Å². The summed E-state index contributed by atoms with van der Waals surface area (Å²) in [5.74, 6) is 0.00935. The lowest BCUT2D eigenvalue weighted by Crippen LogP contribution is -2.30. The van der Waals surface area contributed by atoms with Gasteiger partial charge in [0.2, 0.25) is 0 Å². The van der Waals surface area contributed by atoms with Gasteiger partial charge in [-0.2, -0.15) is 0 Å². The number of halogens is 1. The van der Waals surface area contributed by atoms with Gasteiger partial charge in [0, 0.05) is 33.5 Å². The molecule has 0 aliphatic heterocycles. The highest BCUT2D eigenvalue weighted by Crippen LogP contribution is 2.49. The van der Waals surface area contributed by atoms with Gasteiger partial charge < -0.3 is 9.78 Å². The van der Waals surface area contributed by atoms with Crippen LogP contribution in [0.15, 0.2) is 78.9 Å². The molecule has 1 N–H and O–H groups in total. The Kier molecular flexibility index (Phi) is 4.29. The van der Waals surface area contributed by atoms with Crippen molar-refractivity contribution in [2.24, 2.45) is 5.92 Å². The van der Waals surface area contributed by atoms with Crippen LogP contribution in [0.1, 0.15) is 34.2 Å². The largest absolute Gasteiger partial charge is 0.358 e. The van der Waals surface area contributed by atoms with E-state index in [1.807, 2.05) is 18.2 Å². The minimum absolute atomic E-state index is 0.0271. The molecule has 3 heteroatoms. The van der Waals surface area contributed by atoms with E-state index in [9.17, 15) is 4.79 Å². The van der Waals surface area contributed by atoms with Gasteiger partial charge >= 0.3 is 0 Å². The summed E-state index contributed by atoms with van der Waals surface area (Å²) in [5, 5.41) is 1.93. The molecule has 1 aromatic heterocycles. The van der Waals surface area contributed by atoms with E-state index < -0.39 is 0 Å². The standard InChI is InChI=1S/C25H20ClNO/c26-18-12-10-16(11-13-18)20-14-23-25(19-8-4-5-9-22(19)27-23)24(21(20)15-28)17-6-2-1-3-7-17/h1-13,15,20-21,24,27H,14H2/t20-,21-,24-/m1/s1. The number of aromatic amines is 1. The summed E-state index contributed by atoms with van der Waals surface area (Å²) in [4.78, 5) is 16.1. The van der Waals surface area contributed by atoms with Gasteiger partial charge in [-0.15, -0.1) is 0 Å². The number of hydrogen-bond donors (Lipinski definition) is 1. The van der Waals surface area contributed by atoms with Crippen LogP contribution in [0.4, 0.5) is 0 Å². The molecule has 0 saturated heterocycles. The first-order chi connectivity index (χ1) is 13.8. The highest BCUT2D eigenvalue weighted by atomic mass is 35.5. The van der Waals surface area contributed by atoms with E-state index in [4.69, 9.17) is 11.6 Å². The lowest BCUT2D eigenvalue weighted by atomic mass is 9.66. The van der Waals surface area contributed by atoms with E-state index >= 15 is 0 Å². The molecule has 0 amide bonds. The molecule has 1 heterocycles. The Morgan fingerprint density at radius 1 is 0.857 bits per heavy atom. The minimum atomic E-state index is -0.129. The summed E-state index contributed by atoms with van der Waals surface area (Å²) in [6.07, 6.45) is 1.97. The van der Waals surface area contributed by atoms with E-state index in [0.29, 0.717) is 5.02 Å². The maximum absolute atomic E-state index is 12.4. The minimum Gasteiger partial charge on any atom is -0.358 e. The molecule has 3 aromatic carbocycles. The lowest BCUT2D eigenvalue weighted by molar-refractivity contribution is -0.112. The molecule has 0 saturated carbocycles. The summed E-state index contributed by atoms with van der Waals surface area (Å²) in [7, 11) is 0. The number of carbonyl (C=O) groups is 1. The van der Waals surface area contributed by atoms with E-state index in [-0.39, 0.29) is 17.8 Å². The van der Waals surface area contributed by atoms with Crippen LogP contribution in [-0.2, 0) is 11.2 Å². The fourth-order valence-corrected chi connectivity index (χ4v) is 4.92. The second-order valence-electron chi connectivity index (χ2n) is 7.53. The molecule has 28 heavy (non-hydrogen) atoms. The van der Waals surface area contributed by atoms with E-state index in [1.165, 1.54) is 22.2 Å². The number of para-hydroxylation sites is 1. The van der Waals surface area contributed by atoms with Gasteiger partial charge in [0.1, 0.15) is 6.29 Å². The second kappa shape index (κ2) is 6.96. The monoisotopic (exact) mass is 385 g/mol. The molecule has 2 nitrogen and oxygen atoms in total. The number of hydrogen-bond acceptors (Lipinski definition) is 1. The van der Waals surface area contributed by atoms with Crippen LogP contribution in [0.2, 0.25) is 5.02 Å². The predicted octanol–water partition coefficient (Wildman–Crippen LogP) is 6.11. The van der Waals surface area contributed by atoms with Gasteiger partial charge in [-0.3, -0.25) is 0 Å². The number of nitrogens with one attached hydrogen (secondary N) is 1. The van der Waals surface area contributed by atoms with Crippen LogP contribution in [0.3, 0.4) is 0 Å². The first-order valence-electron chi connectivity index (χ1n) is 9.61. The maximum atomic E-state index is 12.4. The molecule has 138 valence electrons. The van der Waals surface area contributed by atoms with Crippen molar-refractivity contribution in [1.82, 2.24) is 4.98 Å². The highest BCUT2D eigenvalue weighted by molar-refractivity contribution is 6.30. The Bertz CT molecular complexity index is 1130. The van der Waals surface area contributed by atoms with Gasteiger partial charge in [-0.05, 0) is 47.2 Å². The molecule has 5 rings (SSSR count). The lowest BCUT2D eigenvalue weighted by Gasteiger charge is -2.36. The fraction of sp³-hybridized carbons (Fsp3) is 0.160. The number of H-pyrrole nitrogens is 1. The van der Waals surface area contributed by atoms with Gasteiger partial charge in [0.05, 0.1) is 0 Å². The summed E-state index contributed by atoms with van der Waals surface area (Å²) < 4.78 is 0. The first kappa shape index (κ1) is 17.3. The highest BCUT2D eigenvalue weighted by Gasteiger charge is 2.40. The van der Waals surface area contributed by atoms with Crippen molar-refractivity contribution < 1.29 is 4.79 Å². The van der Waals surface area contributed by atoms with E-state index in [1.54, 1.807) is 0 Å². The van der Waals surface area contributed by atoms with Gasteiger partial charge in [0.25, 0.3) is 0 Å². The Morgan fingerprint density at radius 3 is 2.32 bits per heavy atom. The van der Waals surface area contributed by atoms with Crippen molar-refractivity contribution in [3.63, 3.8) is 0 Å². The first-order valence-corrected chi connectivity index (χ1v) is 9.99. The van der Waals surface area contributed by atoms with E-state index in [2.05, 4.69) is 65.6 Å². The van der Waals surface area contributed by atoms with Crippen LogP contribution in [0, 0.1) is 5.92 Å². The molecule has 3 atom stereocenters. The van der Waals surface area contributed by atoms with Crippen molar-refractivity contribution in [3.8, 4) is 0 Å². The Labute approximate surface area is 169 Å². The Hall–Kier alpha value is -2.84. The number of carbonyl (C=O) groups excluding carboxylic acids is 1. The number of benzene rings is 3. The van der Waals surface area contributed by atoms with Crippen LogP contribution in [0.5, 0.6) is 0 Å². The zero-order chi connectivity index (χ0) is 19.1. The Balaban J connectivity index is 1.74. The van der Waals surface area contributed by atoms with Crippen LogP contribution >= 0.6 is 11.6 Å². The molecular formula is C25H20ClNO. The topological polar surface area (TPSA) is 32.9 Å². The normalized spacial score (nSPS) is 21.4. The number of fused-ring (bicyclic) bond motifs is 3. The fourth-order valence-electron chi connectivity index (χ4n) is 4.79. The zero-order valence-corrected chi connectivity index (χ0v) is 16.1. The molecular weight excluding hydrogens is 366 g/mol. The van der Waals surface area contributed by atoms with Crippen LogP contribution in [0.25, 0.3) is 10.9 Å². The quantitative estimate of drug-likeness (QED) is 0.424. The third kappa shape index (κ3) is 2.76. The SMILES string of the molecule is O=C[C@H]1[C@@H](c2ccccc2)c2c([nH]c3ccccc23)C[C@@H]1c1ccc(Cl)cc1. The molecule has 4 aromatic rings. The summed E-state index contributed by atoms with van der Waals surface area (Å²) >= 11 is 6.10. The Morgan fingerprint density at radius 2 is 1.57 bits per heavy atom. The van der Waals surface area contributed by atoms with Crippen molar-refractivity contribution in [3.05, 3.63) is 106 Å². The molecule has 1 aliphatic rings. The van der Waals surface area contributed by atoms with Crippen molar-refractivity contribution >= 4 is 28.8 Å². The third-order valence-corrected chi connectivity index (χ3v) is 6.28. The van der Waals surface area contributed by atoms with Crippen molar-refractivity contribution in [2.45, 2.75) is 18.3 Å². The molecule has 0 unspecified atom stereocenters. The number of aldehydes is 1. The van der Waals surface area contributed by atoms with E-state index in [0.717, 1.165) is 23.8 Å². The predicted molar refractivity (Wildman–Crippen MR) is 114 cm³/mol. The van der Waals surface area contributed by atoms with Gasteiger partial charge in [-0.1, -0.05) is 72.3 Å². The zero-order valence-electron chi connectivity index (χ0n) is 15.3. The van der Waals surface area contributed by atoms with Crippen molar-refractivity contribution in [1.29, 1.82) is 0 Å². The molecule has 0 radical (unpaired) electrons. The smallest absolute Gasteiger partial charge is 0.124 e. The van der Waals surface area contributed by atoms with Crippen LogP contribution < -0.4 is 0 Å². The maximum Gasteiger partial charge on any atom is 0.124 e. The second-order valence-corrected chi connectivity index (χ2v) is 7.96. The summed E-state index contributed by atoms with van der Waals surface area (Å²) in [5.41, 5.74) is 5.98. The van der Waals surface area contributed by atoms with Gasteiger partial charge in [0.15, 0.2) is 0 Å². The summed E-state index contributed by atoms with van der Waals surface area (Å²) in [6.45, 7) is 0. The average Bonchev–Trinajstić information content (AvgIpc) is 3.12. The molecule has 0 fully saturated rings. The molecule has 0 bridgehead atoms. The summed E-state index contributed by atoms with van der Waals surface area (Å²) in [6, 6.07) is 26.7. The molecule has 1 aliphatic carbocycles. The number of aromatic nitrogens is 1. The van der Waals surface area contributed by atoms with Gasteiger partial charge in [-0.25, -0.2) is 0 Å². The average molecular weight is 386 g/mol.